The average Bonchev–Trinajstić information content (AvgIpc) is 3.26. The first-order chi connectivity index (χ1) is 17.9. The maximum absolute atomic E-state index is 13.9. The zero-order valence-corrected chi connectivity index (χ0v) is 21.1. The monoisotopic (exact) mass is 514 g/mol. The Hall–Kier alpha value is -4.10. The SMILES string of the molecule is CN1C(=O)N[C@H](c2ccc(Cl)cc2)C2=C1CN([C@@H](Cc1ccccc1)C(=O)NCc1ccccc1)C2=O. The van der Waals surface area contributed by atoms with Crippen LogP contribution in [0, 0.1) is 0 Å². The number of benzene rings is 3. The molecule has 5 rings (SSSR count). The van der Waals surface area contributed by atoms with Crippen LogP contribution in [0.15, 0.2) is 96.2 Å². The predicted octanol–water partition coefficient (Wildman–Crippen LogP) is 4.06. The Balaban J connectivity index is 1.45. The largest absolute Gasteiger partial charge is 0.350 e. The minimum Gasteiger partial charge on any atom is -0.350 e. The van der Waals surface area contributed by atoms with Crippen molar-refractivity contribution in [3.63, 3.8) is 0 Å². The molecule has 8 heteroatoms. The zero-order valence-electron chi connectivity index (χ0n) is 20.4. The average molecular weight is 515 g/mol. The lowest BCUT2D eigenvalue weighted by atomic mass is 9.95. The van der Waals surface area contributed by atoms with Crippen molar-refractivity contribution in [2.45, 2.75) is 25.0 Å². The second-order valence-electron chi connectivity index (χ2n) is 9.20. The number of hydrogen-bond acceptors (Lipinski definition) is 3. The fourth-order valence-electron chi connectivity index (χ4n) is 4.83. The Kier molecular flexibility index (Phi) is 6.97. The molecule has 0 bridgehead atoms. The van der Waals surface area contributed by atoms with Crippen molar-refractivity contribution in [3.05, 3.63) is 118 Å². The van der Waals surface area contributed by atoms with E-state index in [1.165, 1.54) is 4.90 Å². The van der Waals surface area contributed by atoms with Gasteiger partial charge in [-0.15, -0.1) is 0 Å². The number of urea groups is 1. The fourth-order valence-corrected chi connectivity index (χ4v) is 4.96. The number of hydrogen-bond donors (Lipinski definition) is 2. The molecule has 0 aromatic heterocycles. The van der Waals surface area contributed by atoms with Crippen molar-refractivity contribution in [3.8, 4) is 0 Å². The molecule has 2 heterocycles. The summed E-state index contributed by atoms with van der Waals surface area (Å²) in [6.45, 7) is 0.520. The first-order valence-electron chi connectivity index (χ1n) is 12.1. The van der Waals surface area contributed by atoms with E-state index < -0.39 is 12.1 Å². The third-order valence-electron chi connectivity index (χ3n) is 6.85. The van der Waals surface area contributed by atoms with Gasteiger partial charge in [0.15, 0.2) is 0 Å². The second kappa shape index (κ2) is 10.5. The first kappa shape index (κ1) is 24.6. The van der Waals surface area contributed by atoms with E-state index in [0.717, 1.165) is 16.7 Å². The predicted molar refractivity (Wildman–Crippen MR) is 141 cm³/mol. The standard InChI is InChI=1S/C29H27ClN4O3/c1-33-24-18-34(28(36)25(24)26(32-29(33)37)21-12-14-22(30)15-13-21)23(16-19-8-4-2-5-9-19)27(35)31-17-20-10-6-3-7-11-20/h2-15,23,26H,16-18H2,1H3,(H,31,35)(H,32,37)/t23-,26+/m0/s1. The Morgan fingerprint density at radius 3 is 2.24 bits per heavy atom. The van der Waals surface area contributed by atoms with Crippen molar-refractivity contribution in [2.24, 2.45) is 0 Å². The minimum atomic E-state index is -0.751. The van der Waals surface area contributed by atoms with Crippen molar-refractivity contribution in [2.75, 3.05) is 13.6 Å². The van der Waals surface area contributed by atoms with Gasteiger partial charge in [0.25, 0.3) is 5.91 Å². The van der Waals surface area contributed by atoms with Crippen LogP contribution < -0.4 is 10.6 Å². The van der Waals surface area contributed by atoms with Gasteiger partial charge in [0.05, 0.1) is 23.9 Å². The fraction of sp³-hybridized carbons (Fsp3) is 0.207. The van der Waals surface area contributed by atoms with Crippen molar-refractivity contribution in [1.82, 2.24) is 20.4 Å². The molecule has 2 aliphatic rings. The van der Waals surface area contributed by atoms with Gasteiger partial charge >= 0.3 is 6.03 Å². The van der Waals surface area contributed by atoms with Gasteiger partial charge in [-0.05, 0) is 28.8 Å². The molecular formula is C29H27ClN4O3. The van der Waals surface area contributed by atoms with E-state index >= 15 is 0 Å². The first-order valence-corrected chi connectivity index (χ1v) is 12.5. The third kappa shape index (κ3) is 5.08. The Bertz CT molecular complexity index is 1340. The highest BCUT2D eigenvalue weighted by atomic mass is 35.5. The Morgan fingerprint density at radius 2 is 1.59 bits per heavy atom. The lowest BCUT2D eigenvalue weighted by Crippen LogP contribution is -2.49. The lowest BCUT2D eigenvalue weighted by Gasteiger charge is -2.31. The van der Waals surface area contributed by atoms with Gasteiger partial charge in [-0.25, -0.2) is 4.79 Å². The number of amides is 4. The normalized spacial score (nSPS) is 17.9. The summed E-state index contributed by atoms with van der Waals surface area (Å²) in [7, 11) is 1.64. The molecule has 2 N–H and O–H groups in total. The third-order valence-corrected chi connectivity index (χ3v) is 7.10. The highest BCUT2D eigenvalue weighted by Gasteiger charge is 2.46. The van der Waals surface area contributed by atoms with Gasteiger partial charge in [-0.2, -0.15) is 0 Å². The number of carbonyl (C=O) groups is 3. The molecule has 3 aromatic rings. The molecule has 37 heavy (non-hydrogen) atoms. The molecule has 0 spiro atoms. The number of likely N-dealkylation sites (N-methyl/N-ethyl adjacent to an activating group) is 1. The summed E-state index contributed by atoms with van der Waals surface area (Å²) in [6, 6.07) is 24.6. The maximum atomic E-state index is 13.9. The van der Waals surface area contributed by atoms with Crippen LogP contribution in [-0.4, -0.2) is 47.3 Å². The highest BCUT2D eigenvalue weighted by molar-refractivity contribution is 6.30. The molecule has 2 atom stereocenters. The minimum absolute atomic E-state index is 0.165. The van der Waals surface area contributed by atoms with Crippen molar-refractivity contribution < 1.29 is 14.4 Å². The van der Waals surface area contributed by atoms with Crippen LogP contribution in [0.1, 0.15) is 22.7 Å². The van der Waals surface area contributed by atoms with E-state index in [9.17, 15) is 14.4 Å². The molecule has 0 unspecified atom stereocenters. The smallest absolute Gasteiger partial charge is 0.322 e. The van der Waals surface area contributed by atoms with E-state index in [2.05, 4.69) is 10.6 Å². The molecule has 0 fully saturated rings. The van der Waals surface area contributed by atoms with Crippen LogP contribution in [-0.2, 0) is 22.6 Å². The number of halogens is 1. The van der Waals surface area contributed by atoms with Crippen LogP contribution in [0.5, 0.6) is 0 Å². The number of nitrogens with one attached hydrogen (secondary N) is 2. The van der Waals surface area contributed by atoms with Gasteiger partial charge in [-0.1, -0.05) is 84.4 Å². The summed E-state index contributed by atoms with van der Waals surface area (Å²) in [6.07, 6.45) is 0.352. The molecule has 0 aliphatic carbocycles. The van der Waals surface area contributed by atoms with Crippen LogP contribution in [0.2, 0.25) is 5.02 Å². The van der Waals surface area contributed by atoms with Gasteiger partial charge < -0.3 is 15.5 Å². The molecule has 0 saturated carbocycles. The molecule has 4 amide bonds. The summed E-state index contributed by atoms with van der Waals surface area (Å²) >= 11 is 6.07. The van der Waals surface area contributed by atoms with Crippen LogP contribution in [0.3, 0.4) is 0 Å². The molecular weight excluding hydrogens is 488 g/mol. The highest BCUT2D eigenvalue weighted by Crippen LogP contribution is 2.37. The molecule has 2 aliphatic heterocycles. The van der Waals surface area contributed by atoms with E-state index in [-0.39, 0.29) is 24.4 Å². The topological polar surface area (TPSA) is 81.8 Å². The van der Waals surface area contributed by atoms with Crippen LogP contribution in [0.4, 0.5) is 4.79 Å². The van der Waals surface area contributed by atoms with Gasteiger partial charge in [0.1, 0.15) is 6.04 Å². The second-order valence-corrected chi connectivity index (χ2v) is 9.63. The van der Waals surface area contributed by atoms with Crippen molar-refractivity contribution >= 4 is 29.4 Å². The van der Waals surface area contributed by atoms with Gasteiger partial charge in [-0.3, -0.25) is 14.5 Å². The van der Waals surface area contributed by atoms with Crippen molar-refractivity contribution in [1.29, 1.82) is 0 Å². The van der Waals surface area contributed by atoms with Crippen LogP contribution >= 0.6 is 11.6 Å². The molecule has 7 nitrogen and oxygen atoms in total. The van der Waals surface area contributed by atoms with E-state index in [1.54, 1.807) is 36.2 Å². The molecule has 188 valence electrons. The number of rotatable bonds is 7. The van der Waals surface area contributed by atoms with E-state index in [4.69, 9.17) is 11.6 Å². The van der Waals surface area contributed by atoms with Gasteiger partial charge in [0.2, 0.25) is 5.91 Å². The van der Waals surface area contributed by atoms with E-state index in [0.29, 0.717) is 29.3 Å². The number of carbonyl (C=O) groups excluding carboxylic acids is 3. The summed E-state index contributed by atoms with van der Waals surface area (Å²) < 4.78 is 0. The Morgan fingerprint density at radius 1 is 0.973 bits per heavy atom. The summed E-state index contributed by atoms with van der Waals surface area (Å²) in [4.78, 5) is 43.3. The van der Waals surface area contributed by atoms with E-state index in [1.807, 2.05) is 60.7 Å². The zero-order chi connectivity index (χ0) is 25.9. The van der Waals surface area contributed by atoms with Gasteiger partial charge in [0, 0.05) is 25.0 Å². The quantitative estimate of drug-likeness (QED) is 0.499. The summed E-state index contributed by atoms with van der Waals surface area (Å²) in [5, 5.41) is 6.50. The molecule has 0 radical (unpaired) electrons. The van der Waals surface area contributed by atoms with Crippen LogP contribution in [0.25, 0.3) is 0 Å². The maximum Gasteiger partial charge on any atom is 0.322 e. The lowest BCUT2D eigenvalue weighted by molar-refractivity contribution is -0.136. The molecule has 0 saturated heterocycles. The molecule has 3 aromatic carbocycles. The Labute approximate surface area is 220 Å². The summed E-state index contributed by atoms with van der Waals surface area (Å²) in [5.41, 5.74) is 3.73. The number of nitrogens with zero attached hydrogens (tertiary/aromatic N) is 2. The summed E-state index contributed by atoms with van der Waals surface area (Å²) in [5.74, 6) is -0.511.